The average Bonchev–Trinajstić information content (AvgIpc) is 3.14. The molecule has 1 N–H and O–H groups in total. The lowest BCUT2D eigenvalue weighted by Gasteiger charge is -2.15. The Hall–Kier alpha value is -3.31. The topological polar surface area (TPSA) is 58.6 Å². The van der Waals surface area contributed by atoms with Crippen LogP contribution in [0.3, 0.4) is 0 Å². The van der Waals surface area contributed by atoms with E-state index in [-0.39, 0.29) is 11.8 Å². The van der Waals surface area contributed by atoms with Gasteiger partial charge < -0.3 is 15.0 Å². The number of benzene rings is 3. The van der Waals surface area contributed by atoms with Gasteiger partial charge in [0.25, 0.3) is 5.91 Å². The van der Waals surface area contributed by atoms with E-state index in [9.17, 15) is 9.59 Å². The van der Waals surface area contributed by atoms with Crippen LogP contribution in [0, 0.1) is 0 Å². The number of para-hydroxylation sites is 3. The molecule has 0 aromatic heterocycles. The molecule has 146 valence electrons. The first kappa shape index (κ1) is 19.0. The van der Waals surface area contributed by atoms with E-state index in [0.717, 1.165) is 17.7 Å². The van der Waals surface area contributed by atoms with Gasteiger partial charge >= 0.3 is 0 Å². The maximum absolute atomic E-state index is 12.8. The third kappa shape index (κ3) is 3.96. The van der Waals surface area contributed by atoms with Gasteiger partial charge in [-0.1, -0.05) is 35.9 Å². The van der Waals surface area contributed by atoms with Crippen LogP contribution in [-0.2, 0) is 11.2 Å². The average molecular weight is 407 g/mol. The summed E-state index contributed by atoms with van der Waals surface area (Å²) < 4.78 is 5.90. The molecular weight excluding hydrogens is 388 g/mol. The summed E-state index contributed by atoms with van der Waals surface area (Å²) in [7, 11) is 0. The molecule has 2 amide bonds. The van der Waals surface area contributed by atoms with Crippen LogP contribution >= 0.6 is 11.6 Å². The third-order valence-electron chi connectivity index (χ3n) is 4.81. The number of halogens is 1. The number of fused-ring (bicyclic) bond motifs is 1. The molecule has 29 heavy (non-hydrogen) atoms. The summed E-state index contributed by atoms with van der Waals surface area (Å²) in [5.41, 5.74) is 2.94. The molecule has 0 fully saturated rings. The Kier molecular flexibility index (Phi) is 5.23. The molecule has 0 aliphatic carbocycles. The molecule has 0 saturated heterocycles. The van der Waals surface area contributed by atoms with E-state index in [1.54, 1.807) is 42.2 Å². The van der Waals surface area contributed by atoms with Crippen LogP contribution in [-0.4, -0.2) is 18.4 Å². The second-order valence-corrected chi connectivity index (χ2v) is 7.15. The highest BCUT2D eigenvalue weighted by Crippen LogP contribution is 2.34. The van der Waals surface area contributed by atoms with E-state index >= 15 is 0 Å². The smallest absolute Gasteiger partial charge is 0.255 e. The van der Waals surface area contributed by atoms with Gasteiger partial charge in [0.2, 0.25) is 5.91 Å². The number of amides is 2. The summed E-state index contributed by atoms with van der Waals surface area (Å²) in [4.78, 5) is 26.3. The molecule has 6 heteroatoms. The van der Waals surface area contributed by atoms with Crippen LogP contribution in [0.2, 0.25) is 5.02 Å². The second kappa shape index (κ2) is 7.97. The first-order chi connectivity index (χ1) is 14.0. The van der Waals surface area contributed by atoms with Crippen molar-refractivity contribution in [2.45, 2.75) is 13.3 Å². The van der Waals surface area contributed by atoms with Crippen LogP contribution < -0.4 is 15.0 Å². The molecule has 0 spiro atoms. The number of nitrogens with one attached hydrogen (secondary N) is 1. The summed E-state index contributed by atoms with van der Waals surface area (Å²) in [6, 6.07) is 19.7. The van der Waals surface area contributed by atoms with E-state index in [1.807, 2.05) is 36.4 Å². The molecule has 0 unspecified atom stereocenters. The van der Waals surface area contributed by atoms with E-state index in [2.05, 4.69) is 5.32 Å². The summed E-state index contributed by atoms with van der Waals surface area (Å²) in [5.74, 6) is 0.770. The highest BCUT2D eigenvalue weighted by molar-refractivity contribution is 6.32. The van der Waals surface area contributed by atoms with Gasteiger partial charge in [-0.2, -0.15) is 0 Å². The van der Waals surface area contributed by atoms with Crippen molar-refractivity contribution >= 4 is 34.8 Å². The minimum absolute atomic E-state index is 0.00611. The van der Waals surface area contributed by atoms with Crippen molar-refractivity contribution < 1.29 is 14.3 Å². The number of hydrogen-bond acceptors (Lipinski definition) is 3. The Labute approximate surface area is 173 Å². The van der Waals surface area contributed by atoms with Gasteiger partial charge in [0.05, 0.1) is 10.7 Å². The Morgan fingerprint density at radius 1 is 1.00 bits per heavy atom. The first-order valence-electron chi connectivity index (χ1n) is 9.27. The zero-order valence-electron chi connectivity index (χ0n) is 15.8. The molecule has 1 aliphatic rings. The van der Waals surface area contributed by atoms with Gasteiger partial charge in [-0.05, 0) is 54.4 Å². The number of hydrogen-bond donors (Lipinski definition) is 1. The minimum Gasteiger partial charge on any atom is -0.454 e. The number of carbonyl (C=O) groups is 2. The number of anilines is 2. The summed E-state index contributed by atoms with van der Waals surface area (Å²) in [5, 5.41) is 3.39. The zero-order chi connectivity index (χ0) is 20.4. The van der Waals surface area contributed by atoms with Gasteiger partial charge in [0, 0.05) is 24.7 Å². The maximum atomic E-state index is 12.8. The van der Waals surface area contributed by atoms with Gasteiger partial charge in [-0.15, -0.1) is 0 Å². The van der Waals surface area contributed by atoms with Crippen molar-refractivity contribution in [2.24, 2.45) is 0 Å². The fourth-order valence-electron chi connectivity index (χ4n) is 3.37. The number of ether oxygens (including phenoxy) is 1. The Morgan fingerprint density at radius 3 is 2.48 bits per heavy atom. The van der Waals surface area contributed by atoms with Crippen LogP contribution in [0.15, 0.2) is 66.7 Å². The lowest BCUT2D eigenvalue weighted by Crippen LogP contribution is -2.25. The van der Waals surface area contributed by atoms with Crippen molar-refractivity contribution in [1.29, 1.82) is 0 Å². The molecular formula is C23H19ClN2O3. The Balaban J connectivity index is 1.55. The molecule has 0 atom stereocenters. The van der Waals surface area contributed by atoms with Crippen molar-refractivity contribution in [3.05, 3.63) is 82.9 Å². The van der Waals surface area contributed by atoms with Crippen LogP contribution in [0.4, 0.5) is 11.4 Å². The van der Waals surface area contributed by atoms with Crippen LogP contribution in [0.25, 0.3) is 0 Å². The van der Waals surface area contributed by atoms with E-state index in [1.165, 1.54) is 0 Å². The van der Waals surface area contributed by atoms with Crippen LogP contribution in [0.5, 0.6) is 11.5 Å². The molecule has 3 aromatic rings. The van der Waals surface area contributed by atoms with E-state index in [4.69, 9.17) is 16.3 Å². The SMILES string of the molecule is CC(=O)N1CCc2cc(C(=O)Nc3ccccc3Oc3ccccc3Cl)ccc21. The third-order valence-corrected chi connectivity index (χ3v) is 5.12. The fraction of sp³-hybridized carbons (Fsp3) is 0.130. The molecule has 0 radical (unpaired) electrons. The van der Waals surface area contributed by atoms with Crippen LogP contribution in [0.1, 0.15) is 22.8 Å². The molecule has 1 heterocycles. The highest BCUT2D eigenvalue weighted by Gasteiger charge is 2.23. The molecule has 5 nitrogen and oxygen atoms in total. The van der Waals surface area contributed by atoms with E-state index < -0.39 is 0 Å². The largest absolute Gasteiger partial charge is 0.454 e. The Morgan fingerprint density at radius 2 is 1.72 bits per heavy atom. The zero-order valence-corrected chi connectivity index (χ0v) is 16.6. The van der Waals surface area contributed by atoms with Gasteiger partial charge in [-0.25, -0.2) is 0 Å². The predicted molar refractivity (Wildman–Crippen MR) is 114 cm³/mol. The normalized spacial score (nSPS) is 12.4. The molecule has 0 bridgehead atoms. The standard InChI is InChI=1S/C23H19ClN2O3/c1-15(27)26-13-12-16-14-17(10-11-20(16)26)23(28)25-19-7-3-5-9-22(19)29-21-8-4-2-6-18(21)24/h2-11,14H,12-13H2,1H3,(H,25,28). The van der Waals surface area contributed by atoms with Gasteiger partial charge in [0.15, 0.2) is 5.75 Å². The lowest BCUT2D eigenvalue weighted by molar-refractivity contribution is -0.116. The summed E-state index contributed by atoms with van der Waals surface area (Å²) in [6.45, 7) is 2.19. The Bertz CT molecular complexity index is 1100. The number of rotatable bonds is 4. The maximum Gasteiger partial charge on any atom is 0.255 e. The van der Waals surface area contributed by atoms with Crippen molar-refractivity contribution in [3.8, 4) is 11.5 Å². The van der Waals surface area contributed by atoms with Crippen molar-refractivity contribution in [3.63, 3.8) is 0 Å². The molecule has 1 aliphatic heterocycles. The predicted octanol–water partition coefficient (Wildman–Crippen LogP) is 5.29. The number of nitrogens with zero attached hydrogens (tertiary/aromatic N) is 1. The second-order valence-electron chi connectivity index (χ2n) is 6.75. The highest BCUT2D eigenvalue weighted by atomic mass is 35.5. The van der Waals surface area contributed by atoms with E-state index in [0.29, 0.717) is 34.3 Å². The monoisotopic (exact) mass is 406 g/mol. The lowest BCUT2D eigenvalue weighted by atomic mass is 10.1. The number of carbonyl (C=O) groups excluding carboxylic acids is 2. The van der Waals surface area contributed by atoms with Crippen molar-refractivity contribution in [1.82, 2.24) is 0 Å². The van der Waals surface area contributed by atoms with Gasteiger partial charge in [-0.3, -0.25) is 9.59 Å². The van der Waals surface area contributed by atoms with Gasteiger partial charge in [0.1, 0.15) is 5.75 Å². The minimum atomic E-state index is -0.246. The molecule has 4 rings (SSSR count). The first-order valence-corrected chi connectivity index (χ1v) is 9.64. The molecule has 3 aromatic carbocycles. The summed E-state index contributed by atoms with van der Waals surface area (Å²) in [6.07, 6.45) is 0.738. The van der Waals surface area contributed by atoms with Crippen molar-refractivity contribution in [2.75, 3.05) is 16.8 Å². The molecule has 0 saturated carbocycles. The fourth-order valence-corrected chi connectivity index (χ4v) is 3.54. The summed E-state index contributed by atoms with van der Waals surface area (Å²) >= 11 is 6.18. The quantitative estimate of drug-likeness (QED) is 0.640.